The van der Waals surface area contributed by atoms with Gasteiger partial charge in [0, 0.05) is 19.0 Å². The molecule has 0 spiro atoms. The largest absolute Gasteiger partial charge is 0.352 e. The van der Waals surface area contributed by atoms with E-state index in [0.29, 0.717) is 18.7 Å². The highest BCUT2D eigenvalue weighted by atomic mass is 16.1. The van der Waals surface area contributed by atoms with Crippen molar-refractivity contribution < 1.29 is 4.79 Å². The van der Waals surface area contributed by atoms with Crippen molar-refractivity contribution in [3.05, 3.63) is 65.2 Å². The van der Waals surface area contributed by atoms with Crippen LogP contribution in [0, 0.1) is 13.8 Å². The van der Waals surface area contributed by atoms with Crippen LogP contribution >= 0.6 is 0 Å². The molecule has 1 amide bonds. The number of hydrogen-bond donors (Lipinski definition) is 1. The zero-order valence-corrected chi connectivity index (χ0v) is 13.7. The van der Waals surface area contributed by atoms with Crippen molar-refractivity contribution in [2.75, 3.05) is 6.54 Å². The topological polar surface area (TPSA) is 72.2 Å². The Morgan fingerprint density at radius 2 is 1.96 bits per heavy atom. The van der Waals surface area contributed by atoms with Gasteiger partial charge < -0.3 is 5.32 Å². The summed E-state index contributed by atoms with van der Waals surface area (Å²) in [6.07, 6.45) is 5.81. The lowest BCUT2D eigenvalue weighted by molar-refractivity contribution is -0.116. The van der Waals surface area contributed by atoms with E-state index in [2.05, 4.69) is 20.4 Å². The molecule has 0 aliphatic carbocycles. The molecule has 1 N–H and O–H groups in total. The highest BCUT2D eigenvalue weighted by molar-refractivity contribution is 5.91. The highest BCUT2D eigenvalue weighted by Crippen LogP contribution is 2.05. The van der Waals surface area contributed by atoms with Gasteiger partial charge in [0.25, 0.3) is 5.78 Å². The fourth-order valence-electron chi connectivity index (χ4n) is 2.25. The molecule has 0 saturated carbocycles. The van der Waals surface area contributed by atoms with Crippen LogP contribution in [0.1, 0.15) is 22.6 Å². The number of carbonyl (C=O) groups excluding carboxylic acids is 1. The summed E-state index contributed by atoms with van der Waals surface area (Å²) in [4.78, 5) is 20.6. The first-order valence-electron chi connectivity index (χ1n) is 7.82. The third kappa shape index (κ3) is 3.84. The van der Waals surface area contributed by atoms with E-state index in [1.165, 1.54) is 6.08 Å². The molecule has 0 fully saturated rings. The lowest BCUT2D eigenvalue weighted by Gasteiger charge is -1.99. The average Bonchev–Trinajstić information content (AvgIpc) is 2.96. The van der Waals surface area contributed by atoms with Gasteiger partial charge in [-0.1, -0.05) is 30.3 Å². The van der Waals surface area contributed by atoms with Crippen molar-refractivity contribution in [2.24, 2.45) is 0 Å². The number of benzene rings is 1. The summed E-state index contributed by atoms with van der Waals surface area (Å²) in [5.74, 6) is 0.467. The van der Waals surface area contributed by atoms with Gasteiger partial charge in [-0.3, -0.25) is 4.79 Å². The van der Waals surface area contributed by atoms with Gasteiger partial charge in [-0.15, -0.1) is 0 Å². The van der Waals surface area contributed by atoms with Gasteiger partial charge in [0.05, 0.1) is 23.3 Å². The lowest BCUT2D eigenvalue weighted by atomic mass is 10.2. The van der Waals surface area contributed by atoms with Crippen LogP contribution in [0.3, 0.4) is 0 Å². The molecule has 1 aromatic carbocycles. The Morgan fingerprint density at radius 3 is 2.75 bits per heavy atom. The van der Waals surface area contributed by atoms with Crippen molar-refractivity contribution in [3.8, 4) is 0 Å². The van der Waals surface area contributed by atoms with Gasteiger partial charge >= 0.3 is 0 Å². The van der Waals surface area contributed by atoms with Crippen molar-refractivity contribution in [1.82, 2.24) is 24.9 Å². The van der Waals surface area contributed by atoms with Crippen LogP contribution in [0.15, 0.2) is 42.6 Å². The molecule has 3 rings (SSSR count). The van der Waals surface area contributed by atoms with Crippen LogP contribution in [-0.4, -0.2) is 32.0 Å². The van der Waals surface area contributed by atoms with Crippen LogP contribution in [0.2, 0.25) is 0 Å². The summed E-state index contributed by atoms with van der Waals surface area (Å²) in [5.41, 5.74) is 3.60. The first-order chi connectivity index (χ1) is 11.6. The predicted octanol–water partition coefficient (Wildman–Crippen LogP) is 2.11. The monoisotopic (exact) mass is 321 g/mol. The van der Waals surface area contributed by atoms with Gasteiger partial charge in [0.15, 0.2) is 0 Å². The first kappa shape index (κ1) is 15.9. The Labute approximate surface area is 140 Å². The quantitative estimate of drug-likeness (QED) is 0.731. The fourth-order valence-corrected chi connectivity index (χ4v) is 2.25. The van der Waals surface area contributed by atoms with Gasteiger partial charge in [0.2, 0.25) is 5.91 Å². The Balaban J connectivity index is 1.54. The Hall–Kier alpha value is -3.02. The summed E-state index contributed by atoms with van der Waals surface area (Å²) in [5, 5.41) is 7.25. The summed E-state index contributed by atoms with van der Waals surface area (Å²) in [6.45, 7) is 4.34. The summed E-state index contributed by atoms with van der Waals surface area (Å²) < 4.78 is 1.68. The zero-order valence-electron chi connectivity index (χ0n) is 13.7. The molecule has 0 aliphatic heterocycles. The number of fused-ring (bicyclic) bond motifs is 1. The zero-order chi connectivity index (χ0) is 16.9. The summed E-state index contributed by atoms with van der Waals surface area (Å²) >= 11 is 0. The van der Waals surface area contributed by atoms with E-state index in [9.17, 15) is 4.79 Å². The number of imidazole rings is 1. The molecule has 6 nitrogen and oxygen atoms in total. The van der Waals surface area contributed by atoms with Crippen LogP contribution in [0.5, 0.6) is 0 Å². The SMILES string of the molecule is Cc1nc2nc(CCNC(=O)/C=C/c3ccccc3)cn2nc1C. The second-order valence-electron chi connectivity index (χ2n) is 5.54. The van der Waals surface area contributed by atoms with Crippen molar-refractivity contribution >= 4 is 17.8 Å². The number of nitrogens with zero attached hydrogens (tertiary/aromatic N) is 4. The second-order valence-corrected chi connectivity index (χ2v) is 5.54. The van der Waals surface area contributed by atoms with Crippen molar-refractivity contribution in [1.29, 1.82) is 0 Å². The van der Waals surface area contributed by atoms with E-state index in [-0.39, 0.29) is 5.91 Å². The molecule has 0 atom stereocenters. The molecule has 0 aliphatic rings. The smallest absolute Gasteiger partial charge is 0.251 e. The molecule has 6 heteroatoms. The molecule has 2 aromatic heterocycles. The van der Waals surface area contributed by atoms with Crippen LogP contribution < -0.4 is 5.32 Å². The highest BCUT2D eigenvalue weighted by Gasteiger charge is 2.06. The molecule has 0 radical (unpaired) electrons. The van der Waals surface area contributed by atoms with E-state index in [4.69, 9.17) is 0 Å². The maximum absolute atomic E-state index is 11.8. The number of rotatable bonds is 5. The van der Waals surface area contributed by atoms with Gasteiger partial charge in [-0.05, 0) is 25.5 Å². The number of aromatic nitrogens is 4. The number of hydrogen-bond acceptors (Lipinski definition) is 4. The minimum Gasteiger partial charge on any atom is -0.352 e. The maximum atomic E-state index is 11.8. The first-order valence-corrected chi connectivity index (χ1v) is 7.82. The summed E-state index contributed by atoms with van der Waals surface area (Å²) in [7, 11) is 0. The average molecular weight is 321 g/mol. The number of aryl methyl sites for hydroxylation is 2. The molecule has 0 unspecified atom stereocenters. The van der Waals surface area contributed by atoms with Gasteiger partial charge in [-0.2, -0.15) is 5.10 Å². The standard InChI is InChI=1S/C18H19N5O/c1-13-14(2)22-23-12-16(21-18(23)20-13)10-11-19-17(24)9-8-15-6-4-3-5-7-15/h3-9,12H,10-11H2,1-2H3,(H,19,24)/b9-8+. The maximum Gasteiger partial charge on any atom is 0.251 e. The third-order valence-corrected chi connectivity index (χ3v) is 3.68. The Bertz CT molecular complexity index is 844. The summed E-state index contributed by atoms with van der Waals surface area (Å²) in [6, 6.07) is 9.72. The molecule has 0 saturated heterocycles. The lowest BCUT2D eigenvalue weighted by Crippen LogP contribution is -2.23. The molecule has 2 heterocycles. The Morgan fingerprint density at radius 1 is 1.17 bits per heavy atom. The van der Waals surface area contributed by atoms with Gasteiger partial charge in [0.1, 0.15) is 0 Å². The fraction of sp³-hybridized carbons (Fsp3) is 0.222. The molecule has 0 bridgehead atoms. The third-order valence-electron chi connectivity index (χ3n) is 3.68. The van der Waals surface area contributed by atoms with Crippen LogP contribution in [0.4, 0.5) is 0 Å². The molecular weight excluding hydrogens is 302 g/mol. The normalized spacial score (nSPS) is 11.2. The minimum atomic E-state index is -0.120. The van der Waals surface area contributed by atoms with Gasteiger partial charge in [-0.25, -0.2) is 14.5 Å². The van der Waals surface area contributed by atoms with Crippen LogP contribution in [-0.2, 0) is 11.2 Å². The number of nitrogens with one attached hydrogen (secondary N) is 1. The van der Waals surface area contributed by atoms with Crippen LogP contribution in [0.25, 0.3) is 11.9 Å². The molecular formula is C18H19N5O. The minimum absolute atomic E-state index is 0.120. The van der Waals surface area contributed by atoms with E-state index < -0.39 is 0 Å². The molecule has 122 valence electrons. The molecule has 3 aromatic rings. The predicted molar refractivity (Wildman–Crippen MR) is 92.4 cm³/mol. The molecule has 24 heavy (non-hydrogen) atoms. The second kappa shape index (κ2) is 7.04. The Kier molecular flexibility index (Phi) is 4.65. The number of carbonyl (C=O) groups is 1. The van der Waals surface area contributed by atoms with E-state index in [0.717, 1.165) is 22.6 Å². The van der Waals surface area contributed by atoms with Crippen molar-refractivity contribution in [3.63, 3.8) is 0 Å². The van der Waals surface area contributed by atoms with E-state index in [1.54, 1.807) is 10.6 Å². The van der Waals surface area contributed by atoms with E-state index in [1.807, 2.05) is 50.4 Å². The van der Waals surface area contributed by atoms with Crippen molar-refractivity contribution in [2.45, 2.75) is 20.3 Å². The van der Waals surface area contributed by atoms with E-state index >= 15 is 0 Å². The number of amides is 1.